The van der Waals surface area contributed by atoms with Crippen molar-refractivity contribution in [3.8, 4) is 0 Å². The van der Waals surface area contributed by atoms with Crippen LogP contribution in [0.5, 0.6) is 0 Å². The van der Waals surface area contributed by atoms with E-state index in [4.69, 9.17) is 5.73 Å². The van der Waals surface area contributed by atoms with Crippen LogP contribution in [0.15, 0.2) is 0 Å². The maximum atomic E-state index is 6.22. The predicted octanol–water partition coefficient (Wildman–Crippen LogP) is 2.34. The first kappa shape index (κ1) is 11.8. The predicted molar refractivity (Wildman–Crippen MR) is 67.9 cm³/mol. The third-order valence-corrected chi connectivity index (χ3v) is 4.07. The van der Waals surface area contributed by atoms with Crippen LogP contribution in [0, 0.1) is 0 Å². The second-order valence-electron chi connectivity index (χ2n) is 4.66. The molecule has 0 amide bonds. The normalized spacial score (nSPS) is 16.4. The Morgan fingerprint density at radius 2 is 2.12 bits per heavy atom. The Labute approximate surface area is 101 Å². The summed E-state index contributed by atoms with van der Waals surface area (Å²) in [5.41, 5.74) is 6.10. The Bertz CT molecular complexity index is 342. The van der Waals surface area contributed by atoms with Gasteiger partial charge in [0, 0.05) is 29.5 Å². The first-order valence-corrected chi connectivity index (χ1v) is 6.80. The number of aromatic nitrogens is 2. The highest BCUT2D eigenvalue weighted by Crippen LogP contribution is 2.39. The maximum absolute atomic E-state index is 6.22. The molecule has 5 heteroatoms. The molecule has 0 bridgehead atoms. The average Bonchev–Trinajstić information content (AvgIpc) is 3.06. The van der Waals surface area contributed by atoms with Gasteiger partial charge in [0.25, 0.3) is 0 Å². The van der Waals surface area contributed by atoms with Gasteiger partial charge in [-0.25, -0.2) is 4.98 Å². The van der Waals surface area contributed by atoms with Crippen LogP contribution in [0.1, 0.15) is 51.3 Å². The lowest BCUT2D eigenvalue weighted by Crippen LogP contribution is -2.45. The van der Waals surface area contributed by atoms with Crippen LogP contribution in [0.4, 0.5) is 5.13 Å². The zero-order valence-corrected chi connectivity index (χ0v) is 10.8. The van der Waals surface area contributed by atoms with Crippen LogP contribution in [0.2, 0.25) is 0 Å². The molecule has 1 aliphatic rings. The molecule has 1 aliphatic carbocycles. The van der Waals surface area contributed by atoms with Crippen molar-refractivity contribution in [1.29, 1.82) is 0 Å². The molecule has 0 aliphatic heterocycles. The number of hydrogen-bond donors (Lipinski definition) is 2. The van der Waals surface area contributed by atoms with Gasteiger partial charge in [0.05, 0.1) is 0 Å². The lowest BCUT2D eigenvalue weighted by Gasteiger charge is -2.26. The van der Waals surface area contributed by atoms with Crippen molar-refractivity contribution in [1.82, 2.24) is 9.36 Å². The van der Waals surface area contributed by atoms with Gasteiger partial charge in [-0.1, -0.05) is 13.8 Å². The van der Waals surface area contributed by atoms with Gasteiger partial charge in [0.1, 0.15) is 5.82 Å². The Kier molecular flexibility index (Phi) is 3.44. The quantitative estimate of drug-likeness (QED) is 0.801. The highest BCUT2D eigenvalue weighted by molar-refractivity contribution is 7.09. The number of anilines is 1. The SMILES string of the molecule is CCC(N)(CC)CNc1nc(C2CC2)ns1. The summed E-state index contributed by atoms with van der Waals surface area (Å²) >= 11 is 1.45. The topological polar surface area (TPSA) is 63.8 Å². The highest BCUT2D eigenvalue weighted by atomic mass is 32.1. The first-order chi connectivity index (χ1) is 7.67. The molecule has 4 nitrogen and oxygen atoms in total. The van der Waals surface area contributed by atoms with Crippen molar-refractivity contribution in [2.45, 2.75) is 51.0 Å². The van der Waals surface area contributed by atoms with Crippen molar-refractivity contribution in [2.24, 2.45) is 5.73 Å². The van der Waals surface area contributed by atoms with E-state index in [2.05, 4.69) is 28.5 Å². The van der Waals surface area contributed by atoms with Crippen molar-refractivity contribution in [3.63, 3.8) is 0 Å². The minimum atomic E-state index is -0.120. The van der Waals surface area contributed by atoms with Crippen molar-refractivity contribution >= 4 is 16.7 Å². The van der Waals surface area contributed by atoms with E-state index in [1.54, 1.807) is 0 Å². The fraction of sp³-hybridized carbons (Fsp3) is 0.818. The van der Waals surface area contributed by atoms with E-state index in [0.717, 1.165) is 30.3 Å². The minimum Gasteiger partial charge on any atom is -0.358 e. The molecule has 1 aromatic heterocycles. The second-order valence-corrected chi connectivity index (χ2v) is 5.41. The van der Waals surface area contributed by atoms with Crippen molar-refractivity contribution < 1.29 is 0 Å². The number of nitrogens with zero attached hydrogens (tertiary/aromatic N) is 2. The summed E-state index contributed by atoms with van der Waals surface area (Å²) in [6, 6.07) is 0. The van der Waals surface area contributed by atoms with Crippen LogP contribution < -0.4 is 11.1 Å². The van der Waals surface area contributed by atoms with Crippen LogP contribution in [0.25, 0.3) is 0 Å². The number of nitrogens with one attached hydrogen (secondary N) is 1. The number of hydrogen-bond acceptors (Lipinski definition) is 5. The fourth-order valence-electron chi connectivity index (χ4n) is 1.57. The molecule has 1 fully saturated rings. The zero-order chi connectivity index (χ0) is 11.6. The van der Waals surface area contributed by atoms with Gasteiger partial charge in [-0.3, -0.25) is 0 Å². The minimum absolute atomic E-state index is 0.120. The van der Waals surface area contributed by atoms with E-state index in [0.29, 0.717) is 5.92 Å². The van der Waals surface area contributed by atoms with Gasteiger partial charge in [0.15, 0.2) is 0 Å². The van der Waals surface area contributed by atoms with Crippen molar-refractivity contribution in [3.05, 3.63) is 5.82 Å². The fourth-order valence-corrected chi connectivity index (χ4v) is 2.21. The van der Waals surface area contributed by atoms with E-state index in [1.165, 1.54) is 24.4 Å². The van der Waals surface area contributed by atoms with Gasteiger partial charge in [-0.2, -0.15) is 4.37 Å². The van der Waals surface area contributed by atoms with E-state index in [9.17, 15) is 0 Å². The van der Waals surface area contributed by atoms with E-state index >= 15 is 0 Å². The third-order valence-electron chi connectivity index (χ3n) is 3.38. The average molecular weight is 240 g/mol. The van der Waals surface area contributed by atoms with Gasteiger partial charge in [0.2, 0.25) is 5.13 Å². The second kappa shape index (κ2) is 4.67. The summed E-state index contributed by atoms with van der Waals surface area (Å²) < 4.78 is 4.36. The van der Waals surface area contributed by atoms with E-state index in [-0.39, 0.29) is 5.54 Å². The summed E-state index contributed by atoms with van der Waals surface area (Å²) in [6.45, 7) is 5.03. The van der Waals surface area contributed by atoms with Crippen molar-refractivity contribution in [2.75, 3.05) is 11.9 Å². The summed E-state index contributed by atoms with van der Waals surface area (Å²) in [4.78, 5) is 4.48. The third kappa shape index (κ3) is 2.71. The van der Waals surface area contributed by atoms with Crippen LogP contribution in [-0.2, 0) is 0 Å². The van der Waals surface area contributed by atoms with Gasteiger partial charge in [-0.15, -0.1) is 0 Å². The monoisotopic (exact) mass is 240 g/mol. The molecule has 90 valence electrons. The molecular formula is C11H20N4S. The molecule has 0 saturated heterocycles. The molecule has 0 atom stereocenters. The number of nitrogens with two attached hydrogens (primary N) is 1. The van der Waals surface area contributed by atoms with Crippen LogP contribution >= 0.6 is 11.5 Å². The largest absolute Gasteiger partial charge is 0.358 e. The Balaban J connectivity index is 1.88. The van der Waals surface area contributed by atoms with Crippen LogP contribution in [0.3, 0.4) is 0 Å². The Hall–Kier alpha value is -0.680. The summed E-state index contributed by atoms with van der Waals surface area (Å²) in [7, 11) is 0. The van der Waals surface area contributed by atoms with Gasteiger partial charge >= 0.3 is 0 Å². The Morgan fingerprint density at radius 3 is 2.69 bits per heavy atom. The number of rotatable bonds is 6. The summed E-state index contributed by atoms with van der Waals surface area (Å²) in [5, 5.41) is 4.23. The molecule has 0 aromatic carbocycles. The first-order valence-electron chi connectivity index (χ1n) is 6.03. The molecule has 1 saturated carbocycles. The maximum Gasteiger partial charge on any atom is 0.202 e. The molecule has 0 radical (unpaired) electrons. The molecular weight excluding hydrogens is 220 g/mol. The summed E-state index contributed by atoms with van der Waals surface area (Å²) in [6.07, 6.45) is 4.46. The lowest BCUT2D eigenvalue weighted by atomic mass is 9.94. The highest BCUT2D eigenvalue weighted by Gasteiger charge is 2.28. The molecule has 0 unspecified atom stereocenters. The lowest BCUT2D eigenvalue weighted by molar-refractivity contribution is 0.418. The molecule has 1 aromatic rings. The van der Waals surface area contributed by atoms with Crippen LogP contribution in [-0.4, -0.2) is 21.4 Å². The van der Waals surface area contributed by atoms with Gasteiger partial charge < -0.3 is 11.1 Å². The molecule has 16 heavy (non-hydrogen) atoms. The molecule has 3 N–H and O–H groups in total. The standard InChI is InChI=1S/C11H20N4S/c1-3-11(12,4-2)7-13-10-14-9(15-16-10)8-5-6-8/h8H,3-7,12H2,1-2H3,(H,13,14,15). The Morgan fingerprint density at radius 1 is 1.44 bits per heavy atom. The zero-order valence-electron chi connectivity index (χ0n) is 9.99. The molecule has 0 spiro atoms. The smallest absolute Gasteiger partial charge is 0.202 e. The van der Waals surface area contributed by atoms with E-state index in [1.807, 2.05) is 0 Å². The van der Waals surface area contributed by atoms with E-state index < -0.39 is 0 Å². The summed E-state index contributed by atoms with van der Waals surface area (Å²) in [5.74, 6) is 1.65. The van der Waals surface area contributed by atoms with Gasteiger partial charge in [-0.05, 0) is 25.7 Å². The molecule has 2 rings (SSSR count). The molecule has 1 heterocycles.